The molecular weight excluding hydrogens is 300 g/mol. The van der Waals surface area contributed by atoms with Gasteiger partial charge in [-0.2, -0.15) is 0 Å². The Morgan fingerprint density at radius 3 is 2.04 bits per heavy atom. The zero-order chi connectivity index (χ0) is 16.6. The number of rotatable bonds is 2. The van der Waals surface area contributed by atoms with Crippen LogP contribution >= 0.6 is 0 Å². The van der Waals surface area contributed by atoms with Crippen LogP contribution in [0.5, 0.6) is 0 Å². The average molecular weight is 316 g/mol. The van der Waals surface area contributed by atoms with Crippen molar-refractivity contribution in [2.75, 3.05) is 13.1 Å². The molecule has 2 aliphatic rings. The van der Waals surface area contributed by atoms with Crippen LogP contribution in [0.2, 0.25) is 0 Å². The lowest BCUT2D eigenvalue weighted by atomic mass is 9.97. The molecule has 7 nitrogen and oxygen atoms in total. The second-order valence-electron chi connectivity index (χ2n) is 5.64. The van der Waals surface area contributed by atoms with E-state index in [2.05, 4.69) is 0 Å². The Morgan fingerprint density at radius 1 is 1.04 bits per heavy atom. The van der Waals surface area contributed by atoms with Crippen LogP contribution in [0, 0.1) is 5.92 Å². The van der Waals surface area contributed by atoms with E-state index in [1.54, 1.807) is 17.0 Å². The molecule has 1 aromatic carbocycles. The summed E-state index contributed by atoms with van der Waals surface area (Å²) in [6, 6.07) is 6.34. The SMILES string of the molecule is CC(=O)N1CCC(C(=O)ON2C(=O)c3ccccc3C2=O)CC1. The van der Waals surface area contributed by atoms with E-state index in [0.29, 0.717) is 31.0 Å². The summed E-state index contributed by atoms with van der Waals surface area (Å²) in [5.74, 6) is -2.31. The van der Waals surface area contributed by atoms with E-state index in [0.717, 1.165) is 0 Å². The molecule has 0 atom stereocenters. The highest BCUT2D eigenvalue weighted by molar-refractivity contribution is 6.20. The number of likely N-dealkylation sites (tertiary alicyclic amines) is 1. The number of imide groups is 1. The van der Waals surface area contributed by atoms with Gasteiger partial charge in [0.1, 0.15) is 0 Å². The van der Waals surface area contributed by atoms with Gasteiger partial charge in [-0.25, -0.2) is 4.79 Å². The van der Waals surface area contributed by atoms with Crippen molar-refractivity contribution in [1.82, 2.24) is 9.96 Å². The Labute approximate surface area is 132 Å². The Morgan fingerprint density at radius 2 is 1.57 bits per heavy atom. The summed E-state index contributed by atoms with van der Waals surface area (Å²) in [5, 5.41) is 0.532. The van der Waals surface area contributed by atoms with Crippen LogP contribution in [0.25, 0.3) is 0 Å². The molecule has 0 aliphatic carbocycles. The molecule has 1 fully saturated rings. The lowest BCUT2D eigenvalue weighted by Gasteiger charge is -2.30. The maximum atomic E-state index is 12.2. The van der Waals surface area contributed by atoms with Crippen molar-refractivity contribution in [1.29, 1.82) is 0 Å². The number of fused-ring (bicyclic) bond motifs is 1. The molecule has 2 aliphatic heterocycles. The molecule has 23 heavy (non-hydrogen) atoms. The van der Waals surface area contributed by atoms with E-state index in [4.69, 9.17) is 4.84 Å². The van der Waals surface area contributed by atoms with Crippen molar-refractivity contribution < 1.29 is 24.0 Å². The third-order valence-electron chi connectivity index (χ3n) is 4.21. The van der Waals surface area contributed by atoms with Gasteiger partial charge in [0, 0.05) is 20.0 Å². The Kier molecular flexibility index (Phi) is 3.85. The predicted octanol–water partition coefficient (Wildman–Crippen LogP) is 0.999. The molecule has 0 aromatic heterocycles. The van der Waals surface area contributed by atoms with Gasteiger partial charge in [0.05, 0.1) is 17.0 Å². The summed E-state index contributed by atoms with van der Waals surface area (Å²) in [6.45, 7) is 2.42. The van der Waals surface area contributed by atoms with E-state index >= 15 is 0 Å². The number of hydrogen-bond donors (Lipinski definition) is 0. The van der Waals surface area contributed by atoms with Crippen molar-refractivity contribution in [3.63, 3.8) is 0 Å². The highest BCUT2D eigenvalue weighted by atomic mass is 16.7. The molecule has 0 spiro atoms. The van der Waals surface area contributed by atoms with Gasteiger partial charge in [0.2, 0.25) is 5.91 Å². The van der Waals surface area contributed by atoms with Gasteiger partial charge in [-0.1, -0.05) is 17.2 Å². The molecule has 0 unspecified atom stereocenters. The normalized spacial score (nSPS) is 18.1. The third kappa shape index (κ3) is 2.69. The van der Waals surface area contributed by atoms with Crippen LogP contribution in [0.1, 0.15) is 40.5 Å². The van der Waals surface area contributed by atoms with E-state index in [1.165, 1.54) is 19.1 Å². The molecule has 120 valence electrons. The summed E-state index contributed by atoms with van der Waals surface area (Å²) < 4.78 is 0. The van der Waals surface area contributed by atoms with Crippen LogP contribution < -0.4 is 0 Å². The molecule has 2 heterocycles. The largest absolute Gasteiger partial charge is 0.343 e. The van der Waals surface area contributed by atoms with E-state index in [1.807, 2.05) is 0 Å². The van der Waals surface area contributed by atoms with Gasteiger partial charge >= 0.3 is 5.97 Å². The van der Waals surface area contributed by atoms with Gasteiger partial charge in [0.15, 0.2) is 0 Å². The van der Waals surface area contributed by atoms with Crippen molar-refractivity contribution in [2.45, 2.75) is 19.8 Å². The highest BCUT2D eigenvalue weighted by Crippen LogP contribution is 2.25. The lowest BCUT2D eigenvalue weighted by Crippen LogP contribution is -2.41. The molecule has 0 bridgehead atoms. The van der Waals surface area contributed by atoms with Crippen LogP contribution in [0.3, 0.4) is 0 Å². The molecule has 0 saturated carbocycles. The Hall–Kier alpha value is -2.70. The zero-order valence-electron chi connectivity index (χ0n) is 12.7. The first-order valence-electron chi connectivity index (χ1n) is 7.44. The Balaban J connectivity index is 1.65. The summed E-state index contributed by atoms with van der Waals surface area (Å²) in [4.78, 5) is 54.5. The molecule has 0 N–H and O–H groups in total. The molecular formula is C16H16N2O5. The van der Waals surface area contributed by atoms with Crippen molar-refractivity contribution in [3.05, 3.63) is 35.4 Å². The van der Waals surface area contributed by atoms with Crippen molar-refractivity contribution in [3.8, 4) is 0 Å². The fraction of sp³-hybridized carbons (Fsp3) is 0.375. The topological polar surface area (TPSA) is 84.0 Å². The van der Waals surface area contributed by atoms with Gasteiger partial charge < -0.3 is 9.74 Å². The number of hydrogen-bond acceptors (Lipinski definition) is 5. The lowest BCUT2D eigenvalue weighted by molar-refractivity contribution is -0.175. The molecule has 1 aromatic rings. The van der Waals surface area contributed by atoms with Gasteiger partial charge in [-0.05, 0) is 25.0 Å². The standard InChI is InChI=1S/C16H16N2O5/c1-10(19)17-8-6-11(7-9-17)16(22)23-18-14(20)12-4-2-3-5-13(12)15(18)21/h2-5,11H,6-9H2,1H3. The maximum absolute atomic E-state index is 12.2. The first kappa shape index (κ1) is 15.2. The molecule has 3 amide bonds. The minimum Gasteiger partial charge on any atom is -0.343 e. The van der Waals surface area contributed by atoms with Gasteiger partial charge in [0.25, 0.3) is 11.8 Å². The average Bonchev–Trinajstić information content (AvgIpc) is 2.80. The number of nitrogens with zero attached hydrogens (tertiary/aromatic N) is 2. The fourth-order valence-electron chi connectivity index (χ4n) is 2.84. The number of amides is 3. The number of carbonyl (C=O) groups is 4. The Bertz CT molecular complexity index is 656. The molecule has 7 heteroatoms. The van der Waals surface area contributed by atoms with Crippen LogP contribution in [-0.4, -0.2) is 46.7 Å². The number of piperidine rings is 1. The zero-order valence-corrected chi connectivity index (χ0v) is 12.7. The number of hydroxylamine groups is 2. The second kappa shape index (κ2) is 5.83. The predicted molar refractivity (Wildman–Crippen MR) is 78.0 cm³/mol. The summed E-state index contributed by atoms with van der Waals surface area (Å²) in [6.07, 6.45) is 0.920. The molecule has 0 radical (unpaired) electrons. The van der Waals surface area contributed by atoms with Crippen LogP contribution in [0.15, 0.2) is 24.3 Å². The van der Waals surface area contributed by atoms with E-state index in [9.17, 15) is 19.2 Å². The quantitative estimate of drug-likeness (QED) is 0.760. The molecule has 1 saturated heterocycles. The second-order valence-corrected chi connectivity index (χ2v) is 5.64. The molecule has 3 rings (SSSR count). The fourth-order valence-corrected chi connectivity index (χ4v) is 2.84. The smallest absolute Gasteiger partial charge is 0.336 e. The van der Waals surface area contributed by atoms with Crippen LogP contribution in [-0.2, 0) is 14.4 Å². The number of carbonyl (C=O) groups excluding carboxylic acids is 4. The van der Waals surface area contributed by atoms with Gasteiger partial charge in [-0.3, -0.25) is 14.4 Å². The summed E-state index contributed by atoms with van der Waals surface area (Å²) in [5.41, 5.74) is 0.466. The van der Waals surface area contributed by atoms with Gasteiger partial charge in [-0.15, -0.1) is 0 Å². The summed E-state index contributed by atoms with van der Waals surface area (Å²) in [7, 11) is 0. The van der Waals surface area contributed by atoms with E-state index in [-0.39, 0.29) is 17.0 Å². The third-order valence-corrected chi connectivity index (χ3v) is 4.21. The van der Waals surface area contributed by atoms with Crippen LogP contribution in [0.4, 0.5) is 0 Å². The van der Waals surface area contributed by atoms with Crippen molar-refractivity contribution >= 4 is 23.7 Å². The first-order valence-corrected chi connectivity index (χ1v) is 7.44. The highest BCUT2D eigenvalue weighted by Gasteiger charge is 2.40. The maximum Gasteiger partial charge on any atom is 0.336 e. The number of benzene rings is 1. The van der Waals surface area contributed by atoms with Crippen molar-refractivity contribution in [2.24, 2.45) is 5.92 Å². The summed E-state index contributed by atoms with van der Waals surface area (Å²) >= 11 is 0. The minimum absolute atomic E-state index is 0.0304. The first-order chi connectivity index (χ1) is 11.0. The van der Waals surface area contributed by atoms with E-state index < -0.39 is 23.7 Å². The minimum atomic E-state index is -0.625. The monoisotopic (exact) mass is 316 g/mol.